The molecule has 1 heterocycles. The molecule has 2 spiro atoms. The molecule has 0 bridgehead atoms. The van der Waals surface area contributed by atoms with Gasteiger partial charge < -0.3 is 0 Å². The zero-order valence-corrected chi connectivity index (χ0v) is 37.2. The monoisotopic (exact) mass is 843 g/mol. The molecule has 10 aromatic rings. The van der Waals surface area contributed by atoms with Gasteiger partial charge in [0.15, 0.2) is 0 Å². The van der Waals surface area contributed by atoms with Gasteiger partial charge >= 0.3 is 0 Å². The molecule has 0 N–H and O–H groups in total. The Balaban J connectivity index is 1.05. The number of rotatable bonds is 5. The molecule has 2 saturated carbocycles. The Labute approximate surface area is 387 Å². The smallest absolute Gasteiger partial charge is 0.0715 e. The van der Waals surface area contributed by atoms with Crippen molar-refractivity contribution in [2.45, 2.75) is 62.2 Å². The molecule has 2 fully saturated rings. The molecule has 9 aromatic carbocycles. The van der Waals surface area contributed by atoms with E-state index in [4.69, 9.17) is 4.98 Å². The van der Waals surface area contributed by atoms with E-state index in [1.165, 1.54) is 145 Å². The molecule has 4 aliphatic rings. The molecule has 314 valence electrons. The van der Waals surface area contributed by atoms with Crippen LogP contribution in [0.3, 0.4) is 0 Å². The number of aromatic nitrogens is 1. The van der Waals surface area contributed by atoms with Crippen molar-refractivity contribution in [3.05, 3.63) is 222 Å². The first-order chi connectivity index (χ1) is 32.7. The molecular formula is C65H49N. The van der Waals surface area contributed by atoms with Gasteiger partial charge in [0.05, 0.1) is 11.4 Å². The van der Waals surface area contributed by atoms with E-state index in [1.54, 1.807) is 0 Å². The highest BCUT2D eigenvalue weighted by atomic mass is 14.7. The quantitative estimate of drug-likeness (QED) is 0.157. The normalized spacial score (nSPS) is 15.9. The summed E-state index contributed by atoms with van der Waals surface area (Å²) >= 11 is 0. The lowest BCUT2D eigenvalue weighted by atomic mass is 9.75. The van der Waals surface area contributed by atoms with Crippen LogP contribution in [0.5, 0.6) is 0 Å². The van der Waals surface area contributed by atoms with E-state index in [2.05, 4.69) is 200 Å². The number of fused-ring (bicyclic) bond motifs is 12. The van der Waals surface area contributed by atoms with Gasteiger partial charge in [-0.15, -0.1) is 0 Å². The first kappa shape index (κ1) is 38.0. The summed E-state index contributed by atoms with van der Waals surface area (Å²) in [5.41, 5.74) is 23.8. The predicted molar refractivity (Wildman–Crippen MR) is 276 cm³/mol. The van der Waals surface area contributed by atoms with Crippen LogP contribution in [0.2, 0.25) is 0 Å². The minimum atomic E-state index is 0.0789. The van der Waals surface area contributed by atoms with E-state index in [1.807, 2.05) is 0 Å². The molecule has 4 aliphatic carbocycles. The lowest BCUT2D eigenvalue weighted by Crippen LogP contribution is -2.20. The molecule has 14 rings (SSSR count). The van der Waals surface area contributed by atoms with Crippen molar-refractivity contribution >= 4 is 21.5 Å². The van der Waals surface area contributed by atoms with Crippen LogP contribution in [0.1, 0.15) is 73.6 Å². The maximum atomic E-state index is 5.28. The van der Waals surface area contributed by atoms with Gasteiger partial charge in [0, 0.05) is 22.0 Å². The fourth-order valence-corrected chi connectivity index (χ4v) is 13.4. The van der Waals surface area contributed by atoms with Crippen LogP contribution < -0.4 is 0 Å². The molecular weight excluding hydrogens is 795 g/mol. The summed E-state index contributed by atoms with van der Waals surface area (Å²) in [5.74, 6) is 0. The first-order valence-electron chi connectivity index (χ1n) is 24.3. The van der Waals surface area contributed by atoms with Gasteiger partial charge in [0.2, 0.25) is 0 Å². The summed E-state index contributed by atoms with van der Waals surface area (Å²) in [4.78, 5) is 5.28. The van der Waals surface area contributed by atoms with Crippen molar-refractivity contribution in [3.8, 4) is 78.1 Å². The third-order valence-electron chi connectivity index (χ3n) is 16.3. The maximum Gasteiger partial charge on any atom is 0.0715 e. The fraction of sp³-hybridized carbons (Fsp3) is 0.154. The second-order valence-electron chi connectivity index (χ2n) is 19.6. The van der Waals surface area contributed by atoms with E-state index < -0.39 is 0 Å². The average molecular weight is 844 g/mol. The highest BCUT2D eigenvalue weighted by Crippen LogP contribution is 2.60. The standard InChI is InChI=1S/C65H49N/c1-3-17-42(18-4-1)60-40-47(41-61(66-60)43-19-5-2-6-20-43)44-27-32-54-55(37-44)63(46-29-31-51-49-22-10-12-26-57(49)65(59(51)39-46)35-15-16-36-65)53-24-8-7-23-52(53)62(54)45-28-30-50-48-21-9-11-25-56(48)64(58(50)38-45)33-13-14-34-64/h1-12,17-32,37-41H,13-16,33-36H2. The summed E-state index contributed by atoms with van der Waals surface area (Å²) in [6, 6.07) is 76.0. The van der Waals surface area contributed by atoms with Gasteiger partial charge in [-0.3, -0.25) is 0 Å². The van der Waals surface area contributed by atoms with E-state index >= 15 is 0 Å². The fourth-order valence-electron chi connectivity index (χ4n) is 13.4. The van der Waals surface area contributed by atoms with Gasteiger partial charge in [-0.2, -0.15) is 0 Å². The predicted octanol–water partition coefficient (Wildman–Crippen LogP) is 17.4. The van der Waals surface area contributed by atoms with Crippen molar-refractivity contribution in [1.82, 2.24) is 4.98 Å². The number of nitrogens with zero attached hydrogens (tertiary/aromatic N) is 1. The van der Waals surface area contributed by atoms with Crippen molar-refractivity contribution < 1.29 is 0 Å². The Kier molecular flexibility index (Phi) is 8.39. The molecule has 0 unspecified atom stereocenters. The van der Waals surface area contributed by atoms with Gasteiger partial charge in [-0.25, -0.2) is 4.98 Å². The minimum Gasteiger partial charge on any atom is -0.248 e. The van der Waals surface area contributed by atoms with Crippen LogP contribution in [0.4, 0.5) is 0 Å². The van der Waals surface area contributed by atoms with Gasteiger partial charge in [-0.05, 0) is 155 Å². The van der Waals surface area contributed by atoms with Crippen LogP contribution in [-0.4, -0.2) is 4.98 Å². The number of hydrogen-bond acceptors (Lipinski definition) is 1. The van der Waals surface area contributed by atoms with Gasteiger partial charge in [0.25, 0.3) is 0 Å². The Morgan fingerprint density at radius 1 is 0.273 bits per heavy atom. The van der Waals surface area contributed by atoms with Gasteiger partial charge in [-0.1, -0.05) is 196 Å². The highest BCUT2D eigenvalue weighted by Gasteiger charge is 2.46. The average Bonchev–Trinajstić information content (AvgIpc) is 4.20. The summed E-state index contributed by atoms with van der Waals surface area (Å²) < 4.78 is 0. The van der Waals surface area contributed by atoms with Crippen molar-refractivity contribution in [2.24, 2.45) is 0 Å². The van der Waals surface area contributed by atoms with Crippen molar-refractivity contribution in [1.29, 1.82) is 0 Å². The molecule has 0 aliphatic heterocycles. The summed E-state index contributed by atoms with van der Waals surface area (Å²) in [6.07, 6.45) is 9.97. The van der Waals surface area contributed by atoms with Gasteiger partial charge in [0.1, 0.15) is 0 Å². The van der Waals surface area contributed by atoms with Crippen molar-refractivity contribution in [3.63, 3.8) is 0 Å². The topological polar surface area (TPSA) is 12.9 Å². The van der Waals surface area contributed by atoms with Crippen LogP contribution in [0.25, 0.3) is 99.7 Å². The molecule has 66 heavy (non-hydrogen) atoms. The lowest BCUT2D eigenvalue weighted by Gasteiger charge is -2.28. The molecule has 0 saturated heterocycles. The number of benzene rings is 9. The first-order valence-corrected chi connectivity index (χ1v) is 24.3. The third-order valence-corrected chi connectivity index (χ3v) is 16.3. The second-order valence-corrected chi connectivity index (χ2v) is 19.6. The Morgan fingerprint density at radius 3 is 1.20 bits per heavy atom. The van der Waals surface area contributed by atoms with Crippen LogP contribution >= 0.6 is 0 Å². The Bertz CT molecular complexity index is 3530. The van der Waals surface area contributed by atoms with Crippen molar-refractivity contribution in [2.75, 3.05) is 0 Å². The highest BCUT2D eigenvalue weighted by molar-refractivity contribution is 6.22. The Hall–Kier alpha value is -7.35. The molecule has 1 nitrogen and oxygen atoms in total. The molecule has 0 amide bonds. The van der Waals surface area contributed by atoms with E-state index in [9.17, 15) is 0 Å². The SMILES string of the molecule is c1ccc(-c2cc(-c3ccc4c(-c5ccc6c(c5)C5(CCCC5)c5ccccc5-6)c5ccccc5c(-c5ccc6c(c5)C5(CCCC5)c5ccccc5-6)c4c3)cc(-c3ccccc3)n2)cc1. The molecule has 0 radical (unpaired) electrons. The summed E-state index contributed by atoms with van der Waals surface area (Å²) in [7, 11) is 0. The zero-order chi connectivity index (χ0) is 43.4. The van der Waals surface area contributed by atoms with Crippen LogP contribution in [0, 0.1) is 0 Å². The lowest BCUT2D eigenvalue weighted by molar-refractivity contribution is 0.550. The van der Waals surface area contributed by atoms with E-state index in [-0.39, 0.29) is 10.8 Å². The molecule has 1 heteroatoms. The van der Waals surface area contributed by atoms with E-state index in [0.717, 1.165) is 28.1 Å². The molecule has 0 atom stereocenters. The van der Waals surface area contributed by atoms with Crippen LogP contribution in [-0.2, 0) is 10.8 Å². The summed E-state index contributed by atoms with van der Waals surface area (Å²) in [6.45, 7) is 0. The summed E-state index contributed by atoms with van der Waals surface area (Å²) in [5, 5.41) is 5.20. The zero-order valence-electron chi connectivity index (χ0n) is 37.2. The maximum absolute atomic E-state index is 5.28. The second kappa shape index (κ2) is 14.6. The Morgan fingerprint density at radius 2 is 0.682 bits per heavy atom. The molecule has 1 aromatic heterocycles. The number of pyridine rings is 1. The van der Waals surface area contributed by atoms with Crippen LogP contribution in [0.15, 0.2) is 200 Å². The number of hydrogen-bond donors (Lipinski definition) is 0. The largest absolute Gasteiger partial charge is 0.248 e. The van der Waals surface area contributed by atoms with E-state index in [0.29, 0.717) is 0 Å². The third kappa shape index (κ3) is 5.50. The minimum absolute atomic E-state index is 0.0789.